The van der Waals surface area contributed by atoms with E-state index in [2.05, 4.69) is 4.98 Å². The molecule has 0 spiro atoms. The monoisotopic (exact) mass is 394 g/mol. The molecule has 7 heteroatoms. The summed E-state index contributed by atoms with van der Waals surface area (Å²) in [5.74, 6) is 0.158. The molecule has 2 fully saturated rings. The van der Waals surface area contributed by atoms with Crippen LogP contribution >= 0.6 is 0 Å². The minimum atomic E-state index is -3.30. The molecule has 1 aliphatic heterocycles. The summed E-state index contributed by atoms with van der Waals surface area (Å²) in [6.45, 7) is 1.09. The maximum absolute atomic E-state index is 12.6. The van der Waals surface area contributed by atoms with Gasteiger partial charge in [-0.1, -0.05) is 6.42 Å². The van der Waals surface area contributed by atoms with Crippen molar-refractivity contribution < 1.29 is 17.9 Å². The molecule has 1 aromatic heterocycles. The summed E-state index contributed by atoms with van der Waals surface area (Å²) in [7, 11) is -3.30. The van der Waals surface area contributed by atoms with E-state index in [1.807, 2.05) is 12.1 Å². The molecule has 2 aliphatic rings. The van der Waals surface area contributed by atoms with Gasteiger partial charge in [0, 0.05) is 31.9 Å². The average Bonchev–Trinajstić information content (AvgIpc) is 2.69. The quantitative estimate of drug-likeness (QED) is 0.664. The molecule has 3 rings (SSSR count). The molecule has 6 nitrogen and oxygen atoms in total. The molecular formula is C20H30N2O4S. The first-order valence-electron chi connectivity index (χ1n) is 10.1. The maximum atomic E-state index is 12.6. The van der Waals surface area contributed by atoms with Crippen LogP contribution in [-0.2, 0) is 19.6 Å². The molecule has 1 saturated carbocycles. The van der Waals surface area contributed by atoms with Crippen molar-refractivity contribution in [1.82, 2.24) is 9.29 Å². The van der Waals surface area contributed by atoms with E-state index in [1.54, 1.807) is 16.7 Å². The second-order valence-corrected chi connectivity index (χ2v) is 9.71. The maximum Gasteiger partial charge on any atom is 0.306 e. The van der Waals surface area contributed by atoms with Gasteiger partial charge in [0.2, 0.25) is 10.0 Å². The highest BCUT2D eigenvalue weighted by Gasteiger charge is 2.28. The van der Waals surface area contributed by atoms with E-state index in [1.165, 1.54) is 12.0 Å². The predicted octanol–water partition coefficient (Wildman–Crippen LogP) is 3.25. The Morgan fingerprint density at radius 1 is 1.07 bits per heavy atom. The third-order valence-corrected chi connectivity index (χ3v) is 7.61. The first kappa shape index (κ1) is 20.3. The van der Waals surface area contributed by atoms with Crippen molar-refractivity contribution in [3.8, 4) is 0 Å². The lowest BCUT2D eigenvalue weighted by atomic mass is 9.91. The number of aromatic nitrogens is 1. The van der Waals surface area contributed by atoms with Crippen LogP contribution in [0.4, 0.5) is 0 Å². The fraction of sp³-hybridized carbons (Fsp3) is 0.700. The fourth-order valence-electron chi connectivity index (χ4n) is 4.06. The third kappa shape index (κ3) is 6.01. The Hall–Kier alpha value is -1.47. The topological polar surface area (TPSA) is 76.6 Å². The lowest BCUT2D eigenvalue weighted by Gasteiger charge is -2.31. The Kier molecular flexibility index (Phi) is 7.24. The van der Waals surface area contributed by atoms with Gasteiger partial charge in [0.25, 0.3) is 0 Å². The van der Waals surface area contributed by atoms with Crippen LogP contribution in [0, 0.1) is 0 Å². The number of carbonyl (C=O) groups excluding carboxylic acids is 1. The summed E-state index contributed by atoms with van der Waals surface area (Å²) in [4.78, 5) is 16.0. The number of nitrogens with zero attached hydrogens (tertiary/aromatic N) is 2. The highest BCUT2D eigenvalue weighted by atomic mass is 32.2. The van der Waals surface area contributed by atoms with Crippen LogP contribution in [0.2, 0.25) is 0 Å². The number of pyridine rings is 1. The van der Waals surface area contributed by atoms with Crippen LogP contribution in [0.15, 0.2) is 24.5 Å². The van der Waals surface area contributed by atoms with Crippen LogP contribution in [0.5, 0.6) is 0 Å². The molecule has 0 N–H and O–H groups in total. The van der Waals surface area contributed by atoms with Crippen LogP contribution in [0.3, 0.4) is 0 Å². The van der Waals surface area contributed by atoms with Gasteiger partial charge in [0.05, 0.1) is 5.75 Å². The summed E-state index contributed by atoms with van der Waals surface area (Å²) in [6, 6.07) is 4.01. The molecule has 150 valence electrons. The lowest BCUT2D eigenvalue weighted by Crippen LogP contribution is -2.39. The average molecular weight is 395 g/mol. The van der Waals surface area contributed by atoms with Gasteiger partial charge < -0.3 is 4.74 Å². The van der Waals surface area contributed by atoms with E-state index in [4.69, 9.17) is 4.74 Å². The van der Waals surface area contributed by atoms with E-state index in [9.17, 15) is 13.2 Å². The third-order valence-electron chi connectivity index (χ3n) is 5.66. The smallest absolute Gasteiger partial charge is 0.306 e. The minimum Gasteiger partial charge on any atom is -0.462 e. The molecular weight excluding hydrogens is 364 g/mol. The number of hydrogen-bond donors (Lipinski definition) is 0. The minimum absolute atomic E-state index is 0.0205. The standard InChI is InChI=1S/C20H30N2O4S/c23-20(26-19-5-2-1-3-6-19)7-4-16-27(24,25)22-14-10-18(11-15-22)17-8-12-21-13-9-17/h8-9,12-13,18-19H,1-7,10-11,14-16H2. The number of hydrogen-bond acceptors (Lipinski definition) is 5. The molecule has 1 aliphatic carbocycles. The molecule has 27 heavy (non-hydrogen) atoms. The van der Waals surface area contributed by atoms with E-state index in [0.29, 0.717) is 25.4 Å². The Labute approximate surface area is 162 Å². The van der Waals surface area contributed by atoms with Gasteiger partial charge in [-0.15, -0.1) is 0 Å². The van der Waals surface area contributed by atoms with Crippen LogP contribution in [-0.4, -0.2) is 48.6 Å². The highest BCUT2D eigenvalue weighted by Crippen LogP contribution is 2.29. The van der Waals surface area contributed by atoms with E-state index < -0.39 is 10.0 Å². The lowest BCUT2D eigenvalue weighted by molar-refractivity contribution is -0.150. The molecule has 0 atom stereocenters. The number of esters is 1. The zero-order valence-electron chi connectivity index (χ0n) is 15.9. The van der Waals surface area contributed by atoms with Crippen LogP contribution in [0.1, 0.15) is 69.3 Å². The number of ether oxygens (including phenoxy) is 1. The second-order valence-electron chi connectivity index (χ2n) is 7.62. The zero-order valence-corrected chi connectivity index (χ0v) is 16.7. The molecule has 0 bridgehead atoms. The second kappa shape index (κ2) is 9.64. The van der Waals surface area contributed by atoms with E-state index >= 15 is 0 Å². The Balaban J connectivity index is 1.39. The van der Waals surface area contributed by atoms with Gasteiger partial charge in [0.15, 0.2) is 0 Å². The predicted molar refractivity (Wildman–Crippen MR) is 104 cm³/mol. The summed E-state index contributed by atoms with van der Waals surface area (Å²) >= 11 is 0. The summed E-state index contributed by atoms with van der Waals surface area (Å²) in [6.07, 6.45) is 11.1. The Morgan fingerprint density at radius 3 is 2.41 bits per heavy atom. The van der Waals surface area contributed by atoms with E-state index in [0.717, 1.165) is 38.5 Å². The first-order chi connectivity index (χ1) is 13.0. The van der Waals surface area contributed by atoms with Crippen LogP contribution in [0.25, 0.3) is 0 Å². The largest absolute Gasteiger partial charge is 0.462 e. The molecule has 0 amide bonds. The molecule has 0 aromatic carbocycles. The van der Waals surface area contributed by atoms with Crippen molar-refractivity contribution in [1.29, 1.82) is 0 Å². The summed E-state index contributed by atoms with van der Waals surface area (Å²) in [5, 5.41) is 0. The summed E-state index contributed by atoms with van der Waals surface area (Å²) in [5.41, 5.74) is 1.23. The van der Waals surface area contributed by atoms with Gasteiger partial charge in [-0.25, -0.2) is 12.7 Å². The Morgan fingerprint density at radius 2 is 1.74 bits per heavy atom. The van der Waals surface area contributed by atoms with Crippen LogP contribution < -0.4 is 0 Å². The Bertz CT molecular complexity index is 694. The van der Waals surface area contributed by atoms with Crippen molar-refractivity contribution in [2.24, 2.45) is 0 Å². The molecule has 0 radical (unpaired) electrons. The molecule has 1 aromatic rings. The van der Waals surface area contributed by atoms with Crippen molar-refractivity contribution in [2.45, 2.75) is 69.8 Å². The van der Waals surface area contributed by atoms with Gasteiger partial charge in [-0.3, -0.25) is 9.78 Å². The van der Waals surface area contributed by atoms with Crippen molar-refractivity contribution in [3.05, 3.63) is 30.1 Å². The van der Waals surface area contributed by atoms with Gasteiger partial charge in [-0.05, 0) is 68.6 Å². The molecule has 2 heterocycles. The van der Waals surface area contributed by atoms with Gasteiger partial charge in [-0.2, -0.15) is 0 Å². The fourth-order valence-corrected chi connectivity index (χ4v) is 5.59. The van der Waals surface area contributed by atoms with Crippen molar-refractivity contribution in [2.75, 3.05) is 18.8 Å². The van der Waals surface area contributed by atoms with E-state index in [-0.39, 0.29) is 24.2 Å². The number of rotatable bonds is 7. The van der Waals surface area contributed by atoms with Gasteiger partial charge in [0.1, 0.15) is 6.10 Å². The van der Waals surface area contributed by atoms with Crippen molar-refractivity contribution in [3.63, 3.8) is 0 Å². The molecule has 1 saturated heterocycles. The highest BCUT2D eigenvalue weighted by molar-refractivity contribution is 7.89. The SMILES string of the molecule is O=C(CCCS(=O)(=O)N1CCC(c2ccncc2)CC1)OC1CCCCC1. The summed E-state index contributed by atoms with van der Waals surface area (Å²) < 4.78 is 32.2. The van der Waals surface area contributed by atoms with Gasteiger partial charge >= 0.3 is 5.97 Å². The number of sulfonamides is 1. The normalized spacial score (nSPS) is 20.4. The first-order valence-corrected chi connectivity index (χ1v) is 11.7. The molecule has 0 unspecified atom stereocenters. The number of piperidine rings is 1. The number of carbonyl (C=O) groups is 1. The zero-order chi connectivity index (χ0) is 19.1. The van der Waals surface area contributed by atoms with Crippen molar-refractivity contribution >= 4 is 16.0 Å².